The first-order valence-corrected chi connectivity index (χ1v) is 11.4. The van der Waals surface area contributed by atoms with E-state index in [2.05, 4.69) is 17.2 Å². The van der Waals surface area contributed by atoms with E-state index >= 15 is 0 Å². The number of carbonyl (C=O) groups is 2. The van der Waals surface area contributed by atoms with Gasteiger partial charge in [0.1, 0.15) is 4.88 Å². The summed E-state index contributed by atoms with van der Waals surface area (Å²) in [5, 5.41) is 3.49. The predicted octanol–water partition coefficient (Wildman–Crippen LogP) is 6.39. The van der Waals surface area contributed by atoms with Gasteiger partial charge in [-0.3, -0.25) is 10.1 Å². The summed E-state index contributed by atoms with van der Waals surface area (Å²) in [4.78, 5) is 29.4. The van der Waals surface area contributed by atoms with Gasteiger partial charge in [0.2, 0.25) is 0 Å². The Labute approximate surface area is 190 Å². The van der Waals surface area contributed by atoms with Crippen molar-refractivity contribution in [1.82, 2.24) is 4.98 Å². The molecule has 0 spiro atoms. The number of carbonyl (C=O) groups excluding carboxylic acids is 2. The lowest BCUT2D eigenvalue weighted by Gasteiger charge is -2.11. The number of esters is 1. The summed E-state index contributed by atoms with van der Waals surface area (Å²) in [5.74, 6) is -0.289. The van der Waals surface area contributed by atoms with Gasteiger partial charge < -0.3 is 9.47 Å². The van der Waals surface area contributed by atoms with Crippen LogP contribution >= 0.6 is 34.5 Å². The van der Waals surface area contributed by atoms with Crippen LogP contribution in [0.25, 0.3) is 0 Å². The lowest BCUT2D eigenvalue weighted by molar-refractivity contribution is 0.0463. The fourth-order valence-electron chi connectivity index (χ4n) is 2.47. The first-order chi connectivity index (χ1) is 14.2. The molecule has 0 aliphatic rings. The molecule has 0 saturated heterocycles. The Balaban J connectivity index is 2.07. The summed E-state index contributed by atoms with van der Waals surface area (Å²) >= 11 is 13.6. The minimum absolute atomic E-state index is 0.231. The average molecular weight is 473 g/mol. The highest BCUT2D eigenvalue weighted by Crippen LogP contribution is 2.35. The summed E-state index contributed by atoms with van der Waals surface area (Å²) in [7, 11) is 0. The van der Waals surface area contributed by atoms with Gasteiger partial charge in [0.25, 0.3) is 5.91 Å². The first kappa shape index (κ1) is 24.4. The number of hydrogen-bond donors (Lipinski definition) is 1. The number of amides is 1. The number of rotatable bonds is 10. The number of benzene rings is 1. The maximum atomic E-state index is 12.6. The van der Waals surface area contributed by atoms with E-state index in [9.17, 15) is 9.59 Å². The predicted molar refractivity (Wildman–Crippen MR) is 121 cm³/mol. The number of halogens is 2. The highest BCUT2D eigenvalue weighted by Gasteiger charge is 2.20. The first-order valence-electron chi connectivity index (χ1n) is 9.80. The van der Waals surface area contributed by atoms with Crippen LogP contribution < -0.4 is 10.1 Å². The van der Waals surface area contributed by atoms with Gasteiger partial charge in [0.15, 0.2) is 10.9 Å². The zero-order chi connectivity index (χ0) is 22.3. The van der Waals surface area contributed by atoms with Crippen molar-refractivity contribution >= 4 is 51.5 Å². The molecule has 30 heavy (non-hydrogen) atoms. The molecular weight excluding hydrogens is 447 g/mol. The van der Waals surface area contributed by atoms with Gasteiger partial charge in [-0.1, -0.05) is 68.2 Å². The van der Waals surface area contributed by atoms with Crippen LogP contribution in [-0.2, 0) is 4.74 Å². The summed E-state index contributed by atoms with van der Waals surface area (Å²) in [6.07, 6.45) is 3.03. The number of aryl methyl sites for hydroxylation is 1. The molecule has 0 fully saturated rings. The van der Waals surface area contributed by atoms with E-state index < -0.39 is 11.9 Å². The molecule has 9 heteroatoms. The van der Waals surface area contributed by atoms with Crippen molar-refractivity contribution in [3.8, 4) is 5.75 Å². The van der Waals surface area contributed by atoms with Gasteiger partial charge in [0, 0.05) is 5.56 Å². The van der Waals surface area contributed by atoms with Crippen molar-refractivity contribution in [3.05, 3.63) is 38.3 Å². The fraction of sp³-hybridized carbons (Fsp3) is 0.476. The Morgan fingerprint density at radius 3 is 2.47 bits per heavy atom. The molecule has 2 rings (SSSR count). The van der Waals surface area contributed by atoms with Crippen LogP contribution in [-0.4, -0.2) is 30.1 Å². The summed E-state index contributed by atoms with van der Waals surface area (Å²) in [6, 6.07) is 2.99. The van der Waals surface area contributed by atoms with Crippen LogP contribution in [0.3, 0.4) is 0 Å². The SMILES string of the molecule is CCCCCOc1c(Cl)cc(C(=O)Nc2nc(C)c(C(=O)OCC(C)C)s2)cc1Cl. The van der Waals surface area contributed by atoms with Gasteiger partial charge in [-0.25, -0.2) is 9.78 Å². The molecule has 0 aliphatic heterocycles. The largest absolute Gasteiger partial charge is 0.490 e. The third-order valence-corrected chi connectivity index (χ3v) is 5.62. The number of aromatic nitrogens is 1. The number of nitrogens with zero attached hydrogens (tertiary/aromatic N) is 1. The topological polar surface area (TPSA) is 77.5 Å². The Hall–Kier alpha value is -1.83. The molecule has 1 N–H and O–H groups in total. The van der Waals surface area contributed by atoms with Crippen LogP contribution in [0, 0.1) is 12.8 Å². The average Bonchev–Trinajstić information content (AvgIpc) is 3.04. The quantitative estimate of drug-likeness (QED) is 0.320. The molecule has 2 aromatic rings. The van der Waals surface area contributed by atoms with Crippen molar-refractivity contribution in [2.45, 2.75) is 47.0 Å². The number of unbranched alkanes of at least 4 members (excludes halogenated alkanes) is 2. The van der Waals surface area contributed by atoms with E-state index in [0.29, 0.717) is 34.7 Å². The molecule has 0 atom stereocenters. The molecule has 0 unspecified atom stereocenters. The molecule has 0 bridgehead atoms. The summed E-state index contributed by atoms with van der Waals surface area (Å²) < 4.78 is 10.9. The highest BCUT2D eigenvalue weighted by molar-refractivity contribution is 7.17. The molecule has 1 aromatic carbocycles. The van der Waals surface area contributed by atoms with E-state index in [1.807, 2.05) is 13.8 Å². The molecule has 1 heterocycles. The van der Waals surface area contributed by atoms with Gasteiger partial charge in [0.05, 0.1) is 29.0 Å². The van der Waals surface area contributed by atoms with Gasteiger partial charge >= 0.3 is 5.97 Å². The third kappa shape index (κ3) is 6.86. The number of ether oxygens (including phenoxy) is 2. The zero-order valence-electron chi connectivity index (χ0n) is 17.5. The van der Waals surface area contributed by atoms with E-state index in [-0.39, 0.29) is 21.5 Å². The van der Waals surface area contributed by atoms with Crippen LogP contribution in [0.15, 0.2) is 12.1 Å². The Morgan fingerprint density at radius 2 is 1.87 bits per heavy atom. The standard InChI is InChI=1S/C21H26Cl2N2O4S/c1-5-6-7-8-28-17-15(22)9-14(10-16(17)23)19(26)25-21-24-13(4)18(30-21)20(27)29-11-12(2)3/h9-10,12H,5-8,11H2,1-4H3,(H,24,25,26). The number of anilines is 1. The Bertz CT molecular complexity index is 876. The van der Waals surface area contributed by atoms with Crippen molar-refractivity contribution in [1.29, 1.82) is 0 Å². The molecule has 0 saturated carbocycles. The summed E-state index contributed by atoms with van der Waals surface area (Å²) in [5.41, 5.74) is 0.763. The second kappa shape index (κ2) is 11.5. The van der Waals surface area contributed by atoms with Crippen LogP contribution in [0.4, 0.5) is 5.13 Å². The number of thiazole rings is 1. The molecule has 1 aromatic heterocycles. The van der Waals surface area contributed by atoms with E-state index in [1.165, 1.54) is 12.1 Å². The lowest BCUT2D eigenvalue weighted by atomic mass is 10.2. The van der Waals surface area contributed by atoms with Crippen LogP contribution in [0.2, 0.25) is 10.0 Å². The van der Waals surface area contributed by atoms with E-state index in [4.69, 9.17) is 32.7 Å². The molecule has 0 radical (unpaired) electrons. The monoisotopic (exact) mass is 472 g/mol. The number of hydrogen-bond acceptors (Lipinski definition) is 6. The van der Waals surface area contributed by atoms with Crippen LogP contribution in [0.1, 0.15) is 65.8 Å². The number of nitrogens with one attached hydrogen (secondary N) is 1. The van der Waals surface area contributed by atoms with Gasteiger partial charge in [-0.05, 0) is 31.4 Å². The smallest absolute Gasteiger partial charge is 0.350 e. The Kier molecular flexibility index (Phi) is 9.39. The van der Waals surface area contributed by atoms with Crippen molar-refractivity contribution in [2.75, 3.05) is 18.5 Å². The second-order valence-corrected chi connectivity index (χ2v) is 9.02. The maximum absolute atomic E-state index is 12.6. The fourth-order valence-corrected chi connectivity index (χ4v) is 3.92. The second-order valence-electron chi connectivity index (χ2n) is 7.20. The minimum Gasteiger partial charge on any atom is -0.490 e. The van der Waals surface area contributed by atoms with Crippen LogP contribution in [0.5, 0.6) is 5.75 Å². The summed E-state index contributed by atoms with van der Waals surface area (Å²) in [6.45, 7) is 8.53. The molecule has 1 amide bonds. The van der Waals surface area contributed by atoms with Gasteiger partial charge in [-0.15, -0.1) is 0 Å². The molecule has 6 nitrogen and oxygen atoms in total. The molecule has 164 valence electrons. The third-order valence-electron chi connectivity index (χ3n) is 4.00. The van der Waals surface area contributed by atoms with Crippen molar-refractivity contribution in [2.24, 2.45) is 5.92 Å². The van der Waals surface area contributed by atoms with Crippen molar-refractivity contribution < 1.29 is 19.1 Å². The molecule has 0 aliphatic carbocycles. The van der Waals surface area contributed by atoms with E-state index in [1.54, 1.807) is 6.92 Å². The molecular formula is C21H26Cl2N2O4S. The lowest BCUT2D eigenvalue weighted by Crippen LogP contribution is -2.12. The zero-order valence-corrected chi connectivity index (χ0v) is 19.8. The minimum atomic E-state index is -0.449. The Morgan fingerprint density at radius 1 is 1.20 bits per heavy atom. The normalized spacial score (nSPS) is 10.9. The van der Waals surface area contributed by atoms with Crippen molar-refractivity contribution in [3.63, 3.8) is 0 Å². The van der Waals surface area contributed by atoms with Gasteiger partial charge in [-0.2, -0.15) is 0 Å². The highest BCUT2D eigenvalue weighted by atomic mass is 35.5. The van der Waals surface area contributed by atoms with E-state index in [0.717, 1.165) is 30.6 Å². The maximum Gasteiger partial charge on any atom is 0.350 e.